The van der Waals surface area contributed by atoms with Gasteiger partial charge < -0.3 is 10.4 Å². The van der Waals surface area contributed by atoms with Gasteiger partial charge in [-0.3, -0.25) is 4.79 Å². The van der Waals surface area contributed by atoms with Crippen molar-refractivity contribution in [3.8, 4) is 0 Å². The number of hydrogen-bond donors (Lipinski definition) is 2. The number of benzene rings is 1. The lowest BCUT2D eigenvalue weighted by atomic mass is 9.94. The van der Waals surface area contributed by atoms with E-state index in [1.54, 1.807) is 18.2 Å². The quantitative estimate of drug-likeness (QED) is 0.777. The minimum Gasteiger partial charge on any atom is -0.481 e. The Morgan fingerprint density at radius 1 is 1.47 bits per heavy atom. The van der Waals surface area contributed by atoms with Gasteiger partial charge >= 0.3 is 5.97 Å². The molecule has 4 heteroatoms. The molecule has 0 aromatic heterocycles. The zero-order valence-corrected chi connectivity index (χ0v) is 8.11. The van der Waals surface area contributed by atoms with Crippen LogP contribution in [0.3, 0.4) is 0 Å². The maximum absolute atomic E-state index is 13.4. The number of carboxylic acid groups (broad SMARTS) is 1. The summed E-state index contributed by atoms with van der Waals surface area (Å²) in [7, 11) is 0. The number of halogens is 1. The number of aliphatic carboxylic acids is 1. The number of carboxylic acids is 1. The molecular formula is C11H12FNO2. The molecule has 15 heavy (non-hydrogen) atoms. The van der Waals surface area contributed by atoms with Gasteiger partial charge in [0.15, 0.2) is 0 Å². The van der Waals surface area contributed by atoms with E-state index in [-0.39, 0.29) is 5.82 Å². The van der Waals surface area contributed by atoms with Gasteiger partial charge in [-0.05, 0) is 19.0 Å². The van der Waals surface area contributed by atoms with Crippen LogP contribution in [0.2, 0.25) is 0 Å². The molecule has 1 aliphatic heterocycles. The predicted molar refractivity (Wildman–Crippen MR) is 52.9 cm³/mol. The molecule has 0 saturated carbocycles. The van der Waals surface area contributed by atoms with Crippen LogP contribution in [0.15, 0.2) is 24.3 Å². The van der Waals surface area contributed by atoms with Gasteiger partial charge in [0.05, 0.1) is 5.92 Å². The van der Waals surface area contributed by atoms with Crippen molar-refractivity contribution in [2.45, 2.75) is 12.5 Å². The van der Waals surface area contributed by atoms with E-state index in [0.717, 1.165) is 0 Å². The predicted octanol–water partition coefficient (Wildman–Crippen LogP) is 1.56. The minimum atomic E-state index is -0.867. The Balaban J connectivity index is 2.30. The van der Waals surface area contributed by atoms with Crippen LogP contribution in [0.5, 0.6) is 0 Å². The first-order valence-corrected chi connectivity index (χ1v) is 4.91. The summed E-state index contributed by atoms with van der Waals surface area (Å²) < 4.78 is 13.4. The summed E-state index contributed by atoms with van der Waals surface area (Å²) in [5.74, 6) is -1.74. The van der Waals surface area contributed by atoms with Gasteiger partial charge in [-0.2, -0.15) is 0 Å². The fourth-order valence-electron chi connectivity index (χ4n) is 2.02. The van der Waals surface area contributed by atoms with Gasteiger partial charge in [0.25, 0.3) is 0 Å². The zero-order chi connectivity index (χ0) is 10.8. The molecule has 0 bridgehead atoms. The first-order chi connectivity index (χ1) is 7.20. The number of nitrogens with one attached hydrogen (secondary N) is 1. The third-order valence-corrected chi connectivity index (χ3v) is 2.78. The van der Waals surface area contributed by atoms with E-state index in [0.29, 0.717) is 18.5 Å². The molecule has 0 aliphatic carbocycles. The molecule has 1 heterocycles. The standard InChI is InChI=1S/C11H12FNO2/c12-9-4-2-1-3-7(9)10-8(11(14)15)5-6-13-10/h1-4,8,10,13H,5-6H2,(H,14,15)/t8-,10+/m1/s1. The molecule has 1 fully saturated rings. The molecule has 0 unspecified atom stereocenters. The van der Waals surface area contributed by atoms with Crippen LogP contribution in [0.1, 0.15) is 18.0 Å². The highest BCUT2D eigenvalue weighted by atomic mass is 19.1. The normalized spacial score (nSPS) is 25.4. The van der Waals surface area contributed by atoms with Crippen LogP contribution in [0.4, 0.5) is 4.39 Å². The minimum absolute atomic E-state index is 0.344. The van der Waals surface area contributed by atoms with Crippen LogP contribution < -0.4 is 5.32 Å². The Kier molecular flexibility index (Phi) is 2.68. The van der Waals surface area contributed by atoms with Crippen molar-refractivity contribution >= 4 is 5.97 Å². The maximum atomic E-state index is 13.4. The summed E-state index contributed by atoms with van der Waals surface area (Å²) in [5.41, 5.74) is 0.447. The van der Waals surface area contributed by atoms with Gasteiger partial charge in [0.2, 0.25) is 0 Å². The van der Waals surface area contributed by atoms with E-state index in [9.17, 15) is 9.18 Å². The number of rotatable bonds is 2. The van der Waals surface area contributed by atoms with Crippen molar-refractivity contribution in [3.05, 3.63) is 35.6 Å². The molecule has 0 radical (unpaired) electrons. The van der Waals surface area contributed by atoms with Crippen molar-refractivity contribution in [3.63, 3.8) is 0 Å². The molecule has 1 aliphatic rings. The first kappa shape index (κ1) is 10.1. The third kappa shape index (κ3) is 1.85. The summed E-state index contributed by atoms with van der Waals surface area (Å²) in [6, 6.07) is 5.91. The Bertz CT molecular complexity index is 381. The Morgan fingerprint density at radius 2 is 2.20 bits per heavy atom. The summed E-state index contributed by atoms with van der Waals surface area (Å²) in [4.78, 5) is 10.9. The second kappa shape index (κ2) is 3.98. The summed E-state index contributed by atoms with van der Waals surface area (Å²) in [5, 5.41) is 12.0. The van der Waals surface area contributed by atoms with Crippen molar-refractivity contribution < 1.29 is 14.3 Å². The SMILES string of the molecule is O=C(O)[C@@H]1CCN[C@H]1c1ccccc1F. The third-order valence-electron chi connectivity index (χ3n) is 2.78. The molecule has 80 valence electrons. The number of hydrogen-bond acceptors (Lipinski definition) is 2. The van der Waals surface area contributed by atoms with Crippen LogP contribution in [0, 0.1) is 11.7 Å². The van der Waals surface area contributed by atoms with E-state index < -0.39 is 17.9 Å². The second-order valence-corrected chi connectivity index (χ2v) is 3.69. The van der Waals surface area contributed by atoms with Crippen molar-refractivity contribution in [2.75, 3.05) is 6.54 Å². The van der Waals surface area contributed by atoms with Crippen LogP contribution in [0.25, 0.3) is 0 Å². The van der Waals surface area contributed by atoms with E-state index in [1.165, 1.54) is 6.07 Å². The van der Waals surface area contributed by atoms with E-state index >= 15 is 0 Å². The summed E-state index contributed by atoms with van der Waals surface area (Å²) in [6.07, 6.45) is 0.550. The van der Waals surface area contributed by atoms with Crippen LogP contribution in [-0.2, 0) is 4.79 Å². The van der Waals surface area contributed by atoms with Gasteiger partial charge in [-0.1, -0.05) is 18.2 Å². The zero-order valence-electron chi connectivity index (χ0n) is 8.11. The topological polar surface area (TPSA) is 49.3 Å². The molecule has 1 saturated heterocycles. The summed E-state index contributed by atoms with van der Waals surface area (Å²) in [6.45, 7) is 0.621. The highest BCUT2D eigenvalue weighted by Gasteiger charge is 2.34. The average molecular weight is 209 g/mol. The van der Waals surface area contributed by atoms with Gasteiger partial charge in [0, 0.05) is 11.6 Å². The molecule has 0 spiro atoms. The maximum Gasteiger partial charge on any atom is 0.308 e. The first-order valence-electron chi connectivity index (χ1n) is 4.91. The van der Waals surface area contributed by atoms with Crippen molar-refractivity contribution in [1.29, 1.82) is 0 Å². The van der Waals surface area contributed by atoms with Gasteiger partial charge in [-0.25, -0.2) is 4.39 Å². The van der Waals surface area contributed by atoms with Crippen molar-refractivity contribution in [2.24, 2.45) is 5.92 Å². The largest absolute Gasteiger partial charge is 0.481 e. The Labute approximate surface area is 86.9 Å². The molecule has 2 rings (SSSR count). The molecule has 3 nitrogen and oxygen atoms in total. The Hall–Kier alpha value is -1.42. The van der Waals surface area contributed by atoms with Crippen molar-refractivity contribution in [1.82, 2.24) is 5.32 Å². The molecule has 2 N–H and O–H groups in total. The molecule has 2 atom stereocenters. The number of carbonyl (C=O) groups is 1. The van der Waals surface area contributed by atoms with Crippen LogP contribution >= 0.6 is 0 Å². The Morgan fingerprint density at radius 3 is 2.87 bits per heavy atom. The lowest BCUT2D eigenvalue weighted by Gasteiger charge is -2.16. The monoisotopic (exact) mass is 209 g/mol. The van der Waals surface area contributed by atoms with E-state index in [1.807, 2.05) is 0 Å². The lowest BCUT2D eigenvalue weighted by molar-refractivity contribution is -0.142. The highest BCUT2D eigenvalue weighted by molar-refractivity contribution is 5.71. The molecule has 1 aromatic carbocycles. The second-order valence-electron chi connectivity index (χ2n) is 3.69. The lowest BCUT2D eigenvalue weighted by Crippen LogP contribution is -2.24. The molecule has 0 amide bonds. The van der Waals surface area contributed by atoms with E-state index in [4.69, 9.17) is 5.11 Å². The molecular weight excluding hydrogens is 197 g/mol. The van der Waals surface area contributed by atoms with Gasteiger partial charge in [-0.15, -0.1) is 0 Å². The van der Waals surface area contributed by atoms with Gasteiger partial charge in [0.1, 0.15) is 5.82 Å². The summed E-state index contributed by atoms with van der Waals surface area (Å²) >= 11 is 0. The fourth-order valence-corrected chi connectivity index (χ4v) is 2.02. The smallest absolute Gasteiger partial charge is 0.308 e. The highest BCUT2D eigenvalue weighted by Crippen LogP contribution is 2.30. The van der Waals surface area contributed by atoms with E-state index in [2.05, 4.69) is 5.32 Å². The fraction of sp³-hybridized carbons (Fsp3) is 0.364. The average Bonchev–Trinajstić information content (AvgIpc) is 2.67. The molecule has 1 aromatic rings. The van der Waals surface area contributed by atoms with Crippen LogP contribution in [-0.4, -0.2) is 17.6 Å².